The van der Waals surface area contributed by atoms with E-state index < -0.39 is 0 Å². The molecular formula is C23H28N4O2. The van der Waals surface area contributed by atoms with Crippen molar-refractivity contribution >= 4 is 16.9 Å². The zero-order chi connectivity index (χ0) is 20.4. The summed E-state index contributed by atoms with van der Waals surface area (Å²) >= 11 is 0. The van der Waals surface area contributed by atoms with E-state index in [4.69, 9.17) is 0 Å². The maximum Gasteiger partial charge on any atom is 0.329 e. The van der Waals surface area contributed by atoms with Crippen molar-refractivity contribution in [3.8, 4) is 0 Å². The number of nitrogens with zero attached hydrogens (tertiary/aromatic N) is 3. The number of amides is 1. The van der Waals surface area contributed by atoms with Gasteiger partial charge in [0.2, 0.25) is 5.91 Å². The highest BCUT2D eigenvalue weighted by Gasteiger charge is 2.24. The molecule has 1 unspecified atom stereocenters. The molecule has 1 fully saturated rings. The standard InChI is InChI=1S/C23H28N4O2/c1-17-9-11-18(12-10-17)21(26-13-5-6-14-26)15-24-22(28)16-27-20-8-4-3-7-19(20)25(2)23(27)29/h3-4,7-12,21H,5-6,13-16H2,1-2H3,(H,24,28). The van der Waals surface area contributed by atoms with Gasteiger partial charge in [-0.3, -0.25) is 18.8 Å². The first kappa shape index (κ1) is 19.5. The molecule has 0 aliphatic carbocycles. The van der Waals surface area contributed by atoms with Crippen LogP contribution in [0.25, 0.3) is 11.0 Å². The molecule has 1 saturated heterocycles. The Hall–Kier alpha value is -2.86. The highest BCUT2D eigenvalue weighted by molar-refractivity contribution is 5.80. The van der Waals surface area contributed by atoms with E-state index in [0.717, 1.165) is 24.1 Å². The predicted molar refractivity (Wildman–Crippen MR) is 115 cm³/mol. The molecule has 0 radical (unpaired) electrons. The van der Waals surface area contributed by atoms with Crippen LogP contribution >= 0.6 is 0 Å². The van der Waals surface area contributed by atoms with E-state index in [0.29, 0.717) is 6.54 Å². The minimum Gasteiger partial charge on any atom is -0.353 e. The number of hydrogen-bond acceptors (Lipinski definition) is 3. The Morgan fingerprint density at radius 1 is 1.03 bits per heavy atom. The number of fused-ring (bicyclic) bond motifs is 1. The largest absolute Gasteiger partial charge is 0.353 e. The fourth-order valence-corrected chi connectivity index (χ4v) is 4.23. The van der Waals surface area contributed by atoms with E-state index in [-0.39, 0.29) is 24.2 Å². The first-order chi connectivity index (χ1) is 14.0. The summed E-state index contributed by atoms with van der Waals surface area (Å²) in [5.41, 5.74) is 3.90. The number of carbonyl (C=O) groups is 1. The second-order valence-electron chi connectivity index (χ2n) is 7.89. The van der Waals surface area contributed by atoms with Gasteiger partial charge in [0.25, 0.3) is 0 Å². The molecular weight excluding hydrogens is 364 g/mol. The van der Waals surface area contributed by atoms with Crippen molar-refractivity contribution in [1.82, 2.24) is 19.4 Å². The number of aromatic nitrogens is 2. The third-order valence-corrected chi connectivity index (χ3v) is 5.89. The smallest absolute Gasteiger partial charge is 0.329 e. The number of imidazole rings is 1. The Balaban J connectivity index is 1.49. The van der Waals surface area contributed by atoms with Crippen LogP contribution in [0.3, 0.4) is 0 Å². The van der Waals surface area contributed by atoms with Crippen LogP contribution in [0.2, 0.25) is 0 Å². The quantitative estimate of drug-likeness (QED) is 0.702. The summed E-state index contributed by atoms with van der Waals surface area (Å²) in [6, 6.07) is 16.3. The second kappa shape index (κ2) is 8.25. The lowest BCUT2D eigenvalue weighted by Crippen LogP contribution is -2.39. The van der Waals surface area contributed by atoms with E-state index in [1.54, 1.807) is 16.2 Å². The Kier molecular flexibility index (Phi) is 5.53. The zero-order valence-corrected chi connectivity index (χ0v) is 17.1. The molecule has 1 aromatic heterocycles. The molecule has 4 rings (SSSR count). The van der Waals surface area contributed by atoms with Gasteiger partial charge in [-0.1, -0.05) is 42.0 Å². The van der Waals surface area contributed by atoms with Crippen LogP contribution in [0.4, 0.5) is 0 Å². The van der Waals surface area contributed by atoms with Crippen LogP contribution in [-0.2, 0) is 18.4 Å². The van der Waals surface area contributed by atoms with Gasteiger partial charge in [-0.25, -0.2) is 4.79 Å². The van der Waals surface area contributed by atoms with E-state index in [1.165, 1.54) is 24.0 Å². The Labute approximate surface area is 170 Å². The monoisotopic (exact) mass is 392 g/mol. The van der Waals surface area contributed by atoms with Crippen LogP contribution in [0.5, 0.6) is 0 Å². The summed E-state index contributed by atoms with van der Waals surface area (Å²) in [5, 5.41) is 3.07. The van der Waals surface area contributed by atoms with Crippen LogP contribution in [0.1, 0.15) is 30.0 Å². The van der Waals surface area contributed by atoms with Crippen molar-refractivity contribution in [2.45, 2.75) is 32.4 Å². The van der Waals surface area contributed by atoms with Crippen LogP contribution in [0.15, 0.2) is 53.3 Å². The number of likely N-dealkylation sites (tertiary alicyclic amines) is 1. The van der Waals surface area contributed by atoms with Gasteiger partial charge < -0.3 is 5.32 Å². The zero-order valence-electron chi connectivity index (χ0n) is 17.1. The van der Waals surface area contributed by atoms with E-state index in [2.05, 4.69) is 41.4 Å². The number of aryl methyl sites for hydroxylation is 2. The molecule has 0 saturated carbocycles. The van der Waals surface area contributed by atoms with Gasteiger partial charge in [0.05, 0.1) is 17.1 Å². The average Bonchev–Trinajstić information content (AvgIpc) is 3.34. The minimum atomic E-state index is -0.170. The molecule has 1 amide bonds. The first-order valence-corrected chi connectivity index (χ1v) is 10.3. The molecule has 1 aliphatic rings. The van der Waals surface area contributed by atoms with Crippen molar-refractivity contribution in [2.24, 2.45) is 7.05 Å². The lowest BCUT2D eigenvalue weighted by Gasteiger charge is -2.28. The highest BCUT2D eigenvalue weighted by Crippen LogP contribution is 2.25. The summed E-state index contributed by atoms with van der Waals surface area (Å²) in [5.74, 6) is -0.139. The van der Waals surface area contributed by atoms with E-state index >= 15 is 0 Å². The normalized spacial score (nSPS) is 15.7. The van der Waals surface area contributed by atoms with Gasteiger partial charge in [0.1, 0.15) is 6.54 Å². The van der Waals surface area contributed by atoms with Crippen molar-refractivity contribution in [2.75, 3.05) is 19.6 Å². The summed E-state index contributed by atoms with van der Waals surface area (Å²) < 4.78 is 3.13. The molecule has 0 bridgehead atoms. The number of para-hydroxylation sites is 2. The highest BCUT2D eigenvalue weighted by atomic mass is 16.2. The summed E-state index contributed by atoms with van der Waals surface area (Å²) in [7, 11) is 1.74. The molecule has 2 aromatic carbocycles. The number of benzene rings is 2. The SMILES string of the molecule is Cc1ccc(C(CNC(=O)Cn2c(=O)n(C)c3ccccc32)N2CCCC2)cc1. The minimum absolute atomic E-state index is 0.0286. The van der Waals surface area contributed by atoms with Crippen molar-refractivity contribution < 1.29 is 4.79 Å². The van der Waals surface area contributed by atoms with Gasteiger partial charge in [-0.2, -0.15) is 0 Å². The summed E-state index contributed by atoms with van der Waals surface area (Å²) in [4.78, 5) is 27.7. The summed E-state index contributed by atoms with van der Waals surface area (Å²) in [6.45, 7) is 4.76. The second-order valence-corrected chi connectivity index (χ2v) is 7.89. The van der Waals surface area contributed by atoms with Crippen LogP contribution < -0.4 is 11.0 Å². The van der Waals surface area contributed by atoms with Gasteiger partial charge in [-0.15, -0.1) is 0 Å². The van der Waals surface area contributed by atoms with Gasteiger partial charge in [-0.05, 0) is 50.6 Å². The number of nitrogens with one attached hydrogen (secondary N) is 1. The first-order valence-electron chi connectivity index (χ1n) is 10.3. The van der Waals surface area contributed by atoms with E-state index in [9.17, 15) is 9.59 Å². The number of carbonyl (C=O) groups excluding carboxylic acids is 1. The fraction of sp³-hybridized carbons (Fsp3) is 0.391. The molecule has 1 aliphatic heterocycles. The maximum atomic E-state index is 12.7. The lowest BCUT2D eigenvalue weighted by atomic mass is 10.0. The molecule has 6 nitrogen and oxygen atoms in total. The third-order valence-electron chi connectivity index (χ3n) is 5.89. The fourth-order valence-electron chi connectivity index (χ4n) is 4.23. The molecule has 1 N–H and O–H groups in total. The van der Waals surface area contributed by atoms with Crippen molar-refractivity contribution in [1.29, 1.82) is 0 Å². The van der Waals surface area contributed by atoms with Gasteiger partial charge in [0.15, 0.2) is 0 Å². The molecule has 152 valence electrons. The number of hydrogen-bond donors (Lipinski definition) is 1. The molecule has 6 heteroatoms. The Morgan fingerprint density at radius 3 is 2.38 bits per heavy atom. The van der Waals surface area contributed by atoms with Crippen molar-refractivity contribution in [3.63, 3.8) is 0 Å². The lowest BCUT2D eigenvalue weighted by molar-refractivity contribution is -0.121. The third kappa shape index (κ3) is 3.98. The molecule has 3 aromatic rings. The molecule has 0 spiro atoms. The molecule has 1 atom stereocenters. The van der Waals surface area contributed by atoms with E-state index in [1.807, 2.05) is 24.3 Å². The summed E-state index contributed by atoms with van der Waals surface area (Å²) in [6.07, 6.45) is 2.39. The van der Waals surface area contributed by atoms with Gasteiger partial charge >= 0.3 is 5.69 Å². The average molecular weight is 393 g/mol. The van der Waals surface area contributed by atoms with Crippen LogP contribution in [0, 0.1) is 6.92 Å². The molecule has 29 heavy (non-hydrogen) atoms. The number of rotatable bonds is 6. The van der Waals surface area contributed by atoms with Crippen molar-refractivity contribution in [3.05, 3.63) is 70.1 Å². The predicted octanol–water partition coefficient (Wildman–Crippen LogP) is 2.60. The topological polar surface area (TPSA) is 59.3 Å². The molecule has 2 heterocycles. The van der Waals surface area contributed by atoms with Crippen LogP contribution in [-0.4, -0.2) is 39.6 Å². The maximum absolute atomic E-state index is 12.7. The Bertz CT molecular complexity index is 1060. The Morgan fingerprint density at radius 2 is 1.69 bits per heavy atom. The van der Waals surface area contributed by atoms with Gasteiger partial charge in [0, 0.05) is 13.6 Å².